The smallest absolute Gasteiger partial charge is 0.149 e. The van der Waals surface area contributed by atoms with Crippen LogP contribution in [-0.4, -0.2) is 11.0 Å². The fourth-order valence-corrected chi connectivity index (χ4v) is 2.11. The Morgan fingerprint density at radius 1 is 1.41 bits per heavy atom. The van der Waals surface area contributed by atoms with Crippen LogP contribution in [0.1, 0.15) is 24.1 Å². The molecular weight excluding hydrogens is 215 g/mol. The van der Waals surface area contributed by atoms with Crippen molar-refractivity contribution in [2.24, 2.45) is 0 Å². The van der Waals surface area contributed by atoms with E-state index in [-0.39, 0.29) is 5.82 Å². The van der Waals surface area contributed by atoms with Crippen molar-refractivity contribution in [1.82, 2.24) is 10.3 Å². The van der Waals surface area contributed by atoms with E-state index in [4.69, 9.17) is 0 Å². The van der Waals surface area contributed by atoms with Crippen LogP contribution in [-0.2, 0) is 6.54 Å². The molecule has 1 heterocycles. The molecule has 1 aromatic heterocycles. The van der Waals surface area contributed by atoms with Crippen LogP contribution >= 0.6 is 0 Å². The predicted octanol–water partition coefficient (Wildman–Crippen LogP) is 2.93. The number of hydrogen-bond donors (Lipinski definition) is 1. The highest BCUT2D eigenvalue weighted by atomic mass is 19.1. The summed E-state index contributed by atoms with van der Waals surface area (Å²) in [7, 11) is 0. The maximum atomic E-state index is 13.7. The maximum Gasteiger partial charge on any atom is 0.149 e. The lowest BCUT2D eigenvalue weighted by Gasteiger charge is -2.09. The second kappa shape index (κ2) is 4.08. The standard InChI is InChI=1S/C14H15FN2/c1-9-7-10(8-16-11-5-6-11)12-3-2-4-13(15)14(12)17-9/h2-4,7,11,16H,5-6,8H2,1H3. The van der Waals surface area contributed by atoms with Crippen molar-refractivity contribution in [3.8, 4) is 0 Å². The van der Waals surface area contributed by atoms with E-state index in [1.807, 2.05) is 19.1 Å². The quantitative estimate of drug-likeness (QED) is 0.877. The summed E-state index contributed by atoms with van der Waals surface area (Å²) in [5.74, 6) is -0.237. The molecule has 3 rings (SSSR count). The number of nitrogens with zero attached hydrogens (tertiary/aromatic N) is 1. The molecule has 1 aromatic carbocycles. The molecule has 0 atom stereocenters. The number of aryl methyl sites for hydroxylation is 1. The number of hydrogen-bond acceptors (Lipinski definition) is 2. The molecule has 0 radical (unpaired) electrons. The fourth-order valence-electron chi connectivity index (χ4n) is 2.11. The summed E-state index contributed by atoms with van der Waals surface area (Å²) in [4.78, 5) is 4.28. The van der Waals surface area contributed by atoms with E-state index in [2.05, 4.69) is 10.3 Å². The Bertz CT molecular complexity index is 561. The van der Waals surface area contributed by atoms with Gasteiger partial charge in [-0.1, -0.05) is 12.1 Å². The van der Waals surface area contributed by atoms with Gasteiger partial charge < -0.3 is 5.32 Å². The summed E-state index contributed by atoms with van der Waals surface area (Å²) >= 11 is 0. The monoisotopic (exact) mass is 230 g/mol. The number of rotatable bonds is 3. The molecule has 1 N–H and O–H groups in total. The highest BCUT2D eigenvalue weighted by molar-refractivity contribution is 5.82. The van der Waals surface area contributed by atoms with Gasteiger partial charge in [-0.3, -0.25) is 4.98 Å². The van der Waals surface area contributed by atoms with Crippen LogP contribution in [0.3, 0.4) is 0 Å². The third-order valence-corrected chi connectivity index (χ3v) is 3.16. The van der Waals surface area contributed by atoms with Crippen molar-refractivity contribution in [2.45, 2.75) is 32.4 Å². The lowest BCUT2D eigenvalue weighted by Crippen LogP contribution is -2.15. The number of nitrogens with one attached hydrogen (secondary N) is 1. The number of fused-ring (bicyclic) bond motifs is 1. The van der Waals surface area contributed by atoms with Gasteiger partial charge in [-0.2, -0.15) is 0 Å². The Morgan fingerprint density at radius 3 is 3.00 bits per heavy atom. The van der Waals surface area contributed by atoms with Crippen LogP contribution in [0.15, 0.2) is 24.3 Å². The minimum atomic E-state index is -0.237. The molecule has 0 amide bonds. The van der Waals surface area contributed by atoms with E-state index in [1.165, 1.54) is 18.9 Å². The van der Waals surface area contributed by atoms with Gasteiger partial charge >= 0.3 is 0 Å². The van der Waals surface area contributed by atoms with Crippen molar-refractivity contribution >= 4 is 10.9 Å². The molecule has 0 bridgehead atoms. The van der Waals surface area contributed by atoms with E-state index in [9.17, 15) is 4.39 Å². The minimum Gasteiger partial charge on any atom is -0.310 e. The van der Waals surface area contributed by atoms with E-state index in [0.717, 1.165) is 23.2 Å². The zero-order chi connectivity index (χ0) is 11.8. The van der Waals surface area contributed by atoms with E-state index in [1.54, 1.807) is 6.07 Å². The molecule has 1 saturated carbocycles. The molecule has 0 spiro atoms. The van der Waals surface area contributed by atoms with Crippen molar-refractivity contribution in [2.75, 3.05) is 0 Å². The van der Waals surface area contributed by atoms with Gasteiger partial charge in [0, 0.05) is 23.7 Å². The van der Waals surface area contributed by atoms with Gasteiger partial charge in [0.05, 0.1) is 0 Å². The van der Waals surface area contributed by atoms with Gasteiger partial charge in [0.25, 0.3) is 0 Å². The van der Waals surface area contributed by atoms with Crippen molar-refractivity contribution in [1.29, 1.82) is 0 Å². The second-order valence-electron chi connectivity index (χ2n) is 4.71. The van der Waals surface area contributed by atoms with Gasteiger partial charge in [-0.15, -0.1) is 0 Å². The number of benzene rings is 1. The highest BCUT2D eigenvalue weighted by Crippen LogP contribution is 2.23. The molecule has 1 fully saturated rings. The number of pyridine rings is 1. The molecule has 0 unspecified atom stereocenters. The summed E-state index contributed by atoms with van der Waals surface area (Å²) in [6, 6.07) is 7.85. The molecule has 1 aliphatic carbocycles. The summed E-state index contributed by atoms with van der Waals surface area (Å²) in [6.07, 6.45) is 2.52. The third-order valence-electron chi connectivity index (χ3n) is 3.16. The topological polar surface area (TPSA) is 24.9 Å². The molecule has 2 aromatic rings. The largest absolute Gasteiger partial charge is 0.310 e. The van der Waals surface area contributed by atoms with Crippen LogP contribution in [0.5, 0.6) is 0 Å². The normalized spacial score (nSPS) is 15.4. The Morgan fingerprint density at radius 2 is 2.24 bits per heavy atom. The average Bonchev–Trinajstić information content (AvgIpc) is 3.11. The predicted molar refractivity (Wildman–Crippen MR) is 66.3 cm³/mol. The minimum absolute atomic E-state index is 0.237. The zero-order valence-electron chi connectivity index (χ0n) is 9.83. The van der Waals surface area contributed by atoms with Gasteiger partial charge in [0.15, 0.2) is 0 Å². The van der Waals surface area contributed by atoms with Crippen LogP contribution in [0, 0.1) is 12.7 Å². The van der Waals surface area contributed by atoms with Gasteiger partial charge in [0.1, 0.15) is 11.3 Å². The first-order valence-corrected chi connectivity index (χ1v) is 6.02. The molecule has 17 heavy (non-hydrogen) atoms. The first-order valence-electron chi connectivity index (χ1n) is 6.02. The van der Waals surface area contributed by atoms with Crippen LogP contribution in [0.25, 0.3) is 10.9 Å². The maximum absolute atomic E-state index is 13.7. The van der Waals surface area contributed by atoms with Gasteiger partial charge in [-0.25, -0.2) is 4.39 Å². The summed E-state index contributed by atoms with van der Waals surface area (Å²) < 4.78 is 13.7. The molecule has 2 nitrogen and oxygen atoms in total. The lowest BCUT2D eigenvalue weighted by molar-refractivity contribution is 0.635. The zero-order valence-corrected chi connectivity index (χ0v) is 9.83. The summed E-state index contributed by atoms with van der Waals surface area (Å²) in [5.41, 5.74) is 2.49. The van der Waals surface area contributed by atoms with Gasteiger partial charge in [0.2, 0.25) is 0 Å². The Kier molecular flexibility index (Phi) is 2.56. The van der Waals surface area contributed by atoms with E-state index < -0.39 is 0 Å². The number of aromatic nitrogens is 1. The van der Waals surface area contributed by atoms with Crippen molar-refractivity contribution < 1.29 is 4.39 Å². The van der Waals surface area contributed by atoms with E-state index in [0.29, 0.717) is 11.6 Å². The molecule has 1 aliphatic rings. The molecular formula is C14H15FN2. The summed E-state index contributed by atoms with van der Waals surface area (Å²) in [5, 5.41) is 4.38. The van der Waals surface area contributed by atoms with Crippen LogP contribution in [0.4, 0.5) is 4.39 Å². The average molecular weight is 230 g/mol. The van der Waals surface area contributed by atoms with Crippen LogP contribution in [0.2, 0.25) is 0 Å². The molecule has 3 heteroatoms. The fraction of sp³-hybridized carbons (Fsp3) is 0.357. The number of para-hydroxylation sites is 1. The SMILES string of the molecule is Cc1cc(CNC2CC2)c2cccc(F)c2n1. The lowest BCUT2D eigenvalue weighted by atomic mass is 10.1. The Labute approximate surface area is 99.9 Å². The highest BCUT2D eigenvalue weighted by Gasteiger charge is 2.20. The van der Waals surface area contributed by atoms with Gasteiger partial charge in [-0.05, 0) is 37.5 Å². The van der Waals surface area contributed by atoms with Crippen molar-refractivity contribution in [3.05, 3.63) is 41.3 Å². The summed E-state index contributed by atoms with van der Waals surface area (Å²) in [6.45, 7) is 2.71. The third kappa shape index (κ3) is 2.15. The first kappa shape index (κ1) is 10.7. The van der Waals surface area contributed by atoms with Crippen LogP contribution < -0.4 is 5.32 Å². The Balaban J connectivity index is 2.05. The molecule has 0 saturated heterocycles. The Hall–Kier alpha value is -1.48. The molecule has 88 valence electrons. The second-order valence-corrected chi connectivity index (χ2v) is 4.71. The number of halogens is 1. The first-order chi connectivity index (χ1) is 8.24. The van der Waals surface area contributed by atoms with E-state index >= 15 is 0 Å². The molecule has 0 aliphatic heterocycles. The van der Waals surface area contributed by atoms with Crippen molar-refractivity contribution in [3.63, 3.8) is 0 Å².